The average Bonchev–Trinajstić information content (AvgIpc) is 2.42. The first-order valence-electron chi connectivity index (χ1n) is 7.26. The number of nitrogens with two attached hydrogens (primary N) is 1. The van der Waals surface area contributed by atoms with Crippen LogP contribution in [-0.4, -0.2) is 13.1 Å². The lowest BCUT2D eigenvalue weighted by Crippen LogP contribution is -2.62. The summed E-state index contributed by atoms with van der Waals surface area (Å²) in [5, 5.41) is 2.92. The van der Waals surface area contributed by atoms with E-state index in [4.69, 9.17) is 5.73 Å². The maximum Gasteiger partial charge on any atom is 0.123 e. The van der Waals surface area contributed by atoms with Crippen molar-refractivity contribution < 1.29 is 0 Å². The number of hydrogen-bond donors (Lipinski definition) is 1. The van der Waals surface area contributed by atoms with Crippen molar-refractivity contribution in [3.63, 3.8) is 0 Å². The van der Waals surface area contributed by atoms with Crippen molar-refractivity contribution in [3.8, 4) is 0 Å². The van der Waals surface area contributed by atoms with Gasteiger partial charge in [0.2, 0.25) is 0 Å². The third-order valence-electron chi connectivity index (χ3n) is 4.37. The zero-order chi connectivity index (χ0) is 14.8. The van der Waals surface area contributed by atoms with Crippen molar-refractivity contribution >= 4 is 24.1 Å². The molecule has 0 spiro atoms. The average molecular weight is 284 g/mol. The molecule has 0 aliphatic heterocycles. The molecule has 1 aromatic heterocycles. The van der Waals surface area contributed by atoms with Gasteiger partial charge in [-0.15, -0.1) is 0 Å². The van der Waals surface area contributed by atoms with Gasteiger partial charge < -0.3 is 5.73 Å². The van der Waals surface area contributed by atoms with Gasteiger partial charge in [0.15, 0.2) is 0 Å². The molecule has 0 saturated carbocycles. The van der Waals surface area contributed by atoms with E-state index in [1.807, 2.05) is 24.5 Å². The van der Waals surface area contributed by atoms with Crippen LogP contribution in [0.5, 0.6) is 0 Å². The van der Waals surface area contributed by atoms with E-state index in [0.29, 0.717) is 11.1 Å². The zero-order valence-corrected chi connectivity index (χ0v) is 13.8. The first-order valence-corrected chi connectivity index (χ1v) is 9.41. The minimum absolute atomic E-state index is 0.619. The van der Waals surface area contributed by atoms with Crippen LogP contribution in [-0.2, 0) is 0 Å². The lowest BCUT2D eigenvalue weighted by molar-refractivity contribution is 0.927. The van der Waals surface area contributed by atoms with Crippen LogP contribution < -0.4 is 16.1 Å². The van der Waals surface area contributed by atoms with Gasteiger partial charge in [-0.05, 0) is 35.3 Å². The Labute approximate surface area is 123 Å². The lowest BCUT2D eigenvalue weighted by Gasteiger charge is -2.40. The van der Waals surface area contributed by atoms with Crippen LogP contribution >= 0.6 is 0 Å². The second kappa shape index (κ2) is 5.79. The van der Waals surface area contributed by atoms with E-state index in [9.17, 15) is 0 Å². The van der Waals surface area contributed by atoms with Gasteiger partial charge in [-0.2, -0.15) is 0 Å². The highest BCUT2D eigenvalue weighted by Gasteiger charge is 2.43. The number of anilines is 1. The molecule has 2 aromatic rings. The molecule has 0 radical (unpaired) electrons. The van der Waals surface area contributed by atoms with Gasteiger partial charge in [0.25, 0.3) is 0 Å². The van der Waals surface area contributed by atoms with E-state index in [1.54, 1.807) is 0 Å². The Morgan fingerprint density at radius 2 is 1.25 bits per heavy atom. The Hall–Kier alpha value is -1.61. The Balaban J connectivity index is 2.69. The quantitative estimate of drug-likeness (QED) is 0.692. The van der Waals surface area contributed by atoms with Gasteiger partial charge >= 0.3 is 0 Å². The Bertz CT molecular complexity index is 539. The van der Waals surface area contributed by atoms with Gasteiger partial charge in [0.05, 0.1) is 0 Å². The van der Waals surface area contributed by atoms with Crippen LogP contribution in [0.2, 0.25) is 11.1 Å². The molecule has 0 atom stereocenters. The number of benzene rings is 1. The normalized spacial score (nSPS) is 12.1. The molecule has 2 nitrogen and oxygen atoms in total. The molecule has 0 bridgehead atoms. The second-order valence-corrected chi connectivity index (χ2v) is 11.2. The number of rotatable bonds is 4. The van der Waals surface area contributed by atoms with Gasteiger partial charge in [-0.1, -0.05) is 50.2 Å². The highest BCUT2D eigenvalue weighted by Crippen LogP contribution is 2.32. The van der Waals surface area contributed by atoms with Crippen LogP contribution in [0.1, 0.15) is 27.7 Å². The predicted molar refractivity (Wildman–Crippen MR) is 90.3 cm³/mol. The zero-order valence-electron chi connectivity index (χ0n) is 12.8. The Morgan fingerprint density at radius 3 is 1.70 bits per heavy atom. The van der Waals surface area contributed by atoms with E-state index < -0.39 is 8.07 Å². The fraction of sp³-hybridized carbons (Fsp3) is 0.353. The summed E-state index contributed by atoms with van der Waals surface area (Å²) < 4.78 is 0. The highest BCUT2D eigenvalue weighted by molar-refractivity contribution is 7.04. The van der Waals surface area contributed by atoms with Gasteiger partial charge in [-0.25, -0.2) is 0 Å². The summed E-state index contributed by atoms with van der Waals surface area (Å²) in [7, 11) is -1.82. The molecule has 1 aromatic carbocycles. The Kier molecular flexibility index (Phi) is 4.28. The molecular formula is C17H24N2Si. The van der Waals surface area contributed by atoms with Gasteiger partial charge in [0.1, 0.15) is 8.07 Å². The van der Waals surface area contributed by atoms with Gasteiger partial charge in [-0.3, -0.25) is 4.98 Å². The standard InChI is InChI=1S/C17H24N2Si/c1-13(2)20(14(3)4,17-9-11-19-12-10-17)16-7-5-15(18)6-8-16/h5-14H,18H2,1-4H3. The highest BCUT2D eigenvalue weighted by atomic mass is 28.3. The smallest absolute Gasteiger partial charge is 0.123 e. The fourth-order valence-corrected chi connectivity index (χ4v) is 9.31. The van der Waals surface area contributed by atoms with Crippen molar-refractivity contribution in [1.29, 1.82) is 0 Å². The molecule has 0 aliphatic carbocycles. The summed E-state index contributed by atoms with van der Waals surface area (Å²) in [6, 6.07) is 12.9. The summed E-state index contributed by atoms with van der Waals surface area (Å²) in [5.41, 5.74) is 7.94. The first-order chi connectivity index (χ1) is 9.49. The second-order valence-electron chi connectivity index (χ2n) is 6.04. The van der Waals surface area contributed by atoms with Crippen LogP contribution in [0.15, 0.2) is 48.8 Å². The van der Waals surface area contributed by atoms with E-state index >= 15 is 0 Å². The van der Waals surface area contributed by atoms with E-state index in [2.05, 4.69) is 56.9 Å². The molecule has 3 heteroatoms. The molecule has 0 aliphatic rings. The molecule has 2 N–H and O–H groups in total. The number of nitrogen functional groups attached to an aromatic ring is 1. The molecular weight excluding hydrogens is 260 g/mol. The van der Waals surface area contributed by atoms with Crippen LogP contribution in [0.4, 0.5) is 5.69 Å². The van der Waals surface area contributed by atoms with Gasteiger partial charge in [0, 0.05) is 18.1 Å². The van der Waals surface area contributed by atoms with Crippen LogP contribution in [0, 0.1) is 0 Å². The topological polar surface area (TPSA) is 38.9 Å². The monoisotopic (exact) mass is 284 g/mol. The fourth-order valence-electron chi connectivity index (χ4n) is 3.55. The molecule has 2 rings (SSSR count). The molecule has 20 heavy (non-hydrogen) atoms. The number of pyridine rings is 1. The summed E-state index contributed by atoms with van der Waals surface area (Å²) in [5.74, 6) is 0. The SMILES string of the molecule is CC(C)[Si](c1ccncc1)(c1ccc(N)cc1)C(C)C. The third-order valence-corrected chi connectivity index (χ3v) is 10.6. The maximum absolute atomic E-state index is 5.87. The minimum atomic E-state index is -1.82. The number of hydrogen-bond acceptors (Lipinski definition) is 2. The van der Waals surface area contributed by atoms with Crippen molar-refractivity contribution in [2.24, 2.45) is 0 Å². The van der Waals surface area contributed by atoms with Crippen molar-refractivity contribution in [2.75, 3.05) is 5.73 Å². The number of aromatic nitrogens is 1. The van der Waals surface area contributed by atoms with E-state index in [0.717, 1.165) is 5.69 Å². The predicted octanol–water partition coefficient (Wildman–Crippen LogP) is 3.05. The molecule has 0 unspecified atom stereocenters. The van der Waals surface area contributed by atoms with E-state index in [-0.39, 0.29) is 0 Å². The van der Waals surface area contributed by atoms with Crippen LogP contribution in [0.3, 0.4) is 0 Å². The molecule has 0 amide bonds. The maximum atomic E-state index is 5.87. The summed E-state index contributed by atoms with van der Waals surface area (Å²) >= 11 is 0. The minimum Gasteiger partial charge on any atom is -0.399 e. The molecule has 106 valence electrons. The van der Waals surface area contributed by atoms with E-state index in [1.165, 1.54) is 10.4 Å². The van der Waals surface area contributed by atoms with Crippen LogP contribution in [0.25, 0.3) is 0 Å². The molecule has 1 heterocycles. The molecule has 0 fully saturated rings. The summed E-state index contributed by atoms with van der Waals surface area (Å²) in [4.78, 5) is 4.19. The molecule has 0 saturated heterocycles. The first kappa shape index (κ1) is 14.8. The third kappa shape index (κ3) is 2.38. The lowest BCUT2D eigenvalue weighted by atomic mass is 10.3. The summed E-state index contributed by atoms with van der Waals surface area (Å²) in [6.45, 7) is 9.40. The van der Waals surface area contributed by atoms with Crippen molar-refractivity contribution in [3.05, 3.63) is 48.8 Å². The van der Waals surface area contributed by atoms with Crippen molar-refractivity contribution in [1.82, 2.24) is 4.98 Å². The van der Waals surface area contributed by atoms with Crippen molar-refractivity contribution in [2.45, 2.75) is 38.8 Å². The Morgan fingerprint density at radius 1 is 0.800 bits per heavy atom. The number of nitrogens with zero attached hydrogens (tertiary/aromatic N) is 1. The summed E-state index contributed by atoms with van der Waals surface area (Å²) in [6.07, 6.45) is 3.83. The largest absolute Gasteiger partial charge is 0.399 e.